The zero-order chi connectivity index (χ0) is 22.0. The molecule has 4 rings (SSSR count). The largest absolute Gasteiger partial charge is 0.491 e. The summed E-state index contributed by atoms with van der Waals surface area (Å²) in [5.41, 5.74) is 3.03. The number of benzene rings is 2. The molecular weight excluding hydrogens is 396 g/mol. The first-order valence-corrected chi connectivity index (χ1v) is 10.0. The summed E-state index contributed by atoms with van der Waals surface area (Å²) < 4.78 is 18.7. The molecule has 2 aromatic carbocycles. The highest BCUT2D eigenvalue weighted by Crippen LogP contribution is 2.24. The lowest BCUT2D eigenvalue weighted by Gasteiger charge is -2.14. The molecule has 0 bridgehead atoms. The lowest BCUT2D eigenvalue weighted by Crippen LogP contribution is -2.24. The lowest BCUT2D eigenvalue weighted by molar-refractivity contribution is 0.0887. The van der Waals surface area contributed by atoms with Crippen molar-refractivity contribution in [3.8, 4) is 17.2 Å². The van der Waals surface area contributed by atoms with Crippen LogP contribution in [0.5, 0.6) is 17.2 Å². The van der Waals surface area contributed by atoms with E-state index in [1.165, 1.54) is 6.26 Å². The summed E-state index contributed by atoms with van der Waals surface area (Å²) in [6.07, 6.45) is 0.569. The number of nitrogens with zero attached hydrogens (tertiary/aromatic N) is 2. The van der Waals surface area contributed by atoms with Crippen molar-refractivity contribution >= 4 is 11.0 Å². The summed E-state index contributed by atoms with van der Waals surface area (Å²) in [7, 11) is 0. The smallest absolute Gasteiger partial charge is 0.235 e. The minimum atomic E-state index is -0.731. The number of rotatable bonds is 7. The first kappa shape index (κ1) is 20.7. The molecule has 0 radical (unpaired) electrons. The van der Waals surface area contributed by atoms with E-state index in [4.69, 9.17) is 13.9 Å². The molecule has 0 spiro atoms. The fourth-order valence-corrected chi connectivity index (χ4v) is 3.36. The summed E-state index contributed by atoms with van der Waals surface area (Å²) in [5, 5.41) is 15.0. The van der Waals surface area contributed by atoms with E-state index in [1.807, 2.05) is 45.0 Å². The van der Waals surface area contributed by atoms with Gasteiger partial charge in [0.1, 0.15) is 36.1 Å². The summed E-state index contributed by atoms with van der Waals surface area (Å²) >= 11 is 0. The molecule has 0 saturated heterocycles. The number of aliphatic hydroxyl groups excluding tert-OH is 1. The molecule has 0 fully saturated rings. The molecule has 1 atom stereocenters. The maximum Gasteiger partial charge on any atom is 0.235 e. The van der Waals surface area contributed by atoms with Crippen molar-refractivity contribution in [2.24, 2.45) is 0 Å². The van der Waals surface area contributed by atoms with E-state index < -0.39 is 6.10 Å². The minimum Gasteiger partial charge on any atom is -0.491 e. The van der Waals surface area contributed by atoms with Gasteiger partial charge in [-0.2, -0.15) is 5.10 Å². The standard InChI is InChI=1S/C24H24N2O5/c1-15-5-4-6-20(9-15)31-23-14-30-22-11-19(7-8-21(22)24(23)28)29-13-18(27)12-26-17(3)10-16(2)25-26/h4-11,14,18,27H,12-13H2,1-3H3. The molecule has 0 saturated carbocycles. The van der Waals surface area contributed by atoms with Crippen molar-refractivity contribution in [3.05, 3.63) is 82.0 Å². The molecule has 2 aromatic heterocycles. The van der Waals surface area contributed by atoms with Crippen LogP contribution in [0.1, 0.15) is 17.0 Å². The Labute approximate surface area is 179 Å². The molecule has 0 aliphatic carbocycles. The SMILES string of the molecule is Cc1cccc(Oc2coc3cc(OCC(O)Cn4nc(C)cc4C)ccc3c2=O)c1. The molecule has 4 aromatic rings. The molecule has 7 heteroatoms. The van der Waals surface area contributed by atoms with Crippen molar-refractivity contribution in [1.29, 1.82) is 0 Å². The van der Waals surface area contributed by atoms with Crippen LogP contribution in [0.3, 0.4) is 0 Å². The topological polar surface area (TPSA) is 86.7 Å². The average Bonchev–Trinajstić information content (AvgIpc) is 3.05. The third kappa shape index (κ3) is 4.78. The van der Waals surface area contributed by atoms with Gasteiger partial charge in [0.25, 0.3) is 0 Å². The van der Waals surface area contributed by atoms with Crippen molar-refractivity contribution in [2.75, 3.05) is 6.61 Å². The van der Waals surface area contributed by atoms with Crippen molar-refractivity contribution in [3.63, 3.8) is 0 Å². The number of fused-ring (bicyclic) bond motifs is 1. The Morgan fingerprint density at radius 3 is 2.68 bits per heavy atom. The zero-order valence-corrected chi connectivity index (χ0v) is 17.7. The lowest BCUT2D eigenvalue weighted by atomic mass is 10.2. The number of aryl methyl sites for hydroxylation is 3. The van der Waals surface area contributed by atoms with E-state index in [0.29, 0.717) is 29.0 Å². The fourth-order valence-electron chi connectivity index (χ4n) is 3.36. The van der Waals surface area contributed by atoms with Gasteiger partial charge in [-0.1, -0.05) is 12.1 Å². The van der Waals surface area contributed by atoms with Gasteiger partial charge in [-0.05, 0) is 56.7 Å². The van der Waals surface area contributed by atoms with Crippen molar-refractivity contribution < 1.29 is 19.0 Å². The van der Waals surface area contributed by atoms with E-state index in [2.05, 4.69) is 5.10 Å². The van der Waals surface area contributed by atoms with Crippen LogP contribution < -0.4 is 14.9 Å². The zero-order valence-electron chi connectivity index (χ0n) is 17.7. The Morgan fingerprint density at radius 2 is 1.94 bits per heavy atom. The molecular formula is C24H24N2O5. The minimum absolute atomic E-state index is 0.0860. The highest BCUT2D eigenvalue weighted by Gasteiger charge is 2.13. The number of hydrogen-bond acceptors (Lipinski definition) is 6. The second-order valence-electron chi connectivity index (χ2n) is 7.58. The van der Waals surface area contributed by atoms with Crippen LogP contribution in [0, 0.1) is 20.8 Å². The van der Waals surface area contributed by atoms with Gasteiger partial charge in [0, 0.05) is 11.8 Å². The number of ether oxygens (including phenoxy) is 2. The van der Waals surface area contributed by atoms with Crippen LogP contribution in [0.15, 0.2) is 64.0 Å². The van der Waals surface area contributed by atoms with Crippen LogP contribution in [0.2, 0.25) is 0 Å². The van der Waals surface area contributed by atoms with Crippen LogP contribution >= 0.6 is 0 Å². The van der Waals surface area contributed by atoms with Gasteiger partial charge in [-0.25, -0.2) is 0 Å². The van der Waals surface area contributed by atoms with Gasteiger partial charge in [-0.3, -0.25) is 9.48 Å². The molecule has 31 heavy (non-hydrogen) atoms. The summed E-state index contributed by atoms with van der Waals surface area (Å²) in [5.74, 6) is 1.19. The maximum atomic E-state index is 12.8. The molecule has 0 amide bonds. The van der Waals surface area contributed by atoms with Crippen LogP contribution in [-0.2, 0) is 6.54 Å². The Hall–Kier alpha value is -3.58. The Kier molecular flexibility index (Phi) is 5.77. The normalized spacial score (nSPS) is 12.1. The predicted octanol–water partition coefficient (Wildman–Crippen LogP) is 4.15. The van der Waals surface area contributed by atoms with Gasteiger partial charge < -0.3 is 19.0 Å². The second kappa shape index (κ2) is 8.65. The summed E-state index contributed by atoms with van der Waals surface area (Å²) in [6.45, 7) is 6.22. The summed E-state index contributed by atoms with van der Waals surface area (Å²) in [4.78, 5) is 12.8. The molecule has 0 aliphatic rings. The van der Waals surface area contributed by atoms with Crippen LogP contribution in [0.25, 0.3) is 11.0 Å². The molecule has 2 heterocycles. The maximum absolute atomic E-state index is 12.8. The third-order valence-corrected chi connectivity index (χ3v) is 4.86. The quantitative estimate of drug-likeness (QED) is 0.483. The van der Waals surface area contributed by atoms with Gasteiger partial charge in [-0.15, -0.1) is 0 Å². The average molecular weight is 420 g/mol. The first-order chi connectivity index (χ1) is 14.9. The van der Waals surface area contributed by atoms with Crippen LogP contribution in [0.4, 0.5) is 0 Å². The van der Waals surface area contributed by atoms with E-state index in [1.54, 1.807) is 28.9 Å². The van der Waals surface area contributed by atoms with Crippen molar-refractivity contribution in [2.45, 2.75) is 33.4 Å². The van der Waals surface area contributed by atoms with Crippen molar-refractivity contribution in [1.82, 2.24) is 9.78 Å². The van der Waals surface area contributed by atoms with Gasteiger partial charge in [0.05, 0.1) is 17.6 Å². The van der Waals surface area contributed by atoms with Crippen LogP contribution in [-0.4, -0.2) is 27.6 Å². The molecule has 160 valence electrons. The highest BCUT2D eigenvalue weighted by molar-refractivity contribution is 5.79. The fraction of sp³-hybridized carbons (Fsp3) is 0.250. The number of aliphatic hydroxyl groups is 1. The second-order valence-corrected chi connectivity index (χ2v) is 7.58. The molecule has 0 aliphatic heterocycles. The summed E-state index contributed by atoms with van der Waals surface area (Å²) in [6, 6.07) is 14.3. The molecule has 7 nitrogen and oxygen atoms in total. The number of aromatic nitrogens is 2. The van der Waals surface area contributed by atoms with E-state index in [0.717, 1.165) is 17.0 Å². The predicted molar refractivity (Wildman–Crippen MR) is 117 cm³/mol. The monoisotopic (exact) mass is 420 g/mol. The van der Waals surface area contributed by atoms with Gasteiger partial charge in [0.2, 0.25) is 11.2 Å². The van der Waals surface area contributed by atoms with E-state index in [9.17, 15) is 9.90 Å². The number of hydrogen-bond donors (Lipinski definition) is 1. The Bertz CT molecular complexity index is 1270. The van der Waals surface area contributed by atoms with E-state index in [-0.39, 0.29) is 17.8 Å². The first-order valence-electron chi connectivity index (χ1n) is 10.0. The highest BCUT2D eigenvalue weighted by atomic mass is 16.5. The van der Waals surface area contributed by atoms with Gasteiger partial charge in [0.15, 0.2) is 0 Å². The Morgan fingerprint density at radius 1 is 1.10 bits per heavy atom. The molecule has 1 unspecified atom stereocenters. The van der Waals surface area contributed by atoms with E-state index >= 15 is 0 Å². The van der Waals surface area contributed by atoms with Gasteiger partial charge >= 0.3 is 0 Å². The molecule has 1 N–H and O–H groups in total. The Balaban J connectivity index is 1.45. The third-order valence-electron chi connectivity index (χ3n) is 4.86.